The Morgan fingerprint density at radius 2 is 1.79 bits per heavy atom. The van der Waals surface area contributed by atoms with Crippen molar-refractivity contribution in [1.82, 2.24) is 20.0 Å². The van der Waals surface area contributed by atoms with Crippen LogP contribution in [0.25, 0.3) is 5.69 Å². The van der Waals surface area contributed by atoms with Crippen LogP contribution in [0.2, 0.25) is 0 Å². The number of nitrogens with zero attached hydrogens (tertiary/aromatic N) is 3. The number of nitrogens with one attached hydrogen (secondary N) is 2. The molecule has 1 atom stereocenters. The highest BCUT2D eigenvalue weighted by Crippen LogP contribution is 2.23. The maximum Gasteiger partial charge on any atom is 0.241 e. The molecule has 7 nitrogen and oxygen atoms in total. The van der Waals surface area contributed by atoms with Gasteiger partial charge < -0.3 is 10.6 Å². The summed E-state index contributed by atoms with van der Waals surface area (Å²) in [5.41, 5.74) is 2.94. The quantitative estimate of drug-likeness (QED) is 0.801. The maximum absolute atomic E-state index is 12.7. The topological polar surface area (TPSA) is 79.3 Å². The van der Waals surface area contributed by atoms with E-state index in [0.717, 1.165) is 17.1 Å². The fourth-order valence-corrected chi connectivity index (χ4v) is 2.89. The van der Waals surface area contributed by atoms with Crippen LogP contribution in [-0.4, -0.2) is 51.7 Å². The molecular formula is C21H31N5O2. The van der Waals surface area contributed by atoms with Gasteiger partial charge in [-0.1, -0.05) is 18.2 Å². The van der Waals surface area contributed by atoms with E-state index in [1.165, 1.54) is 0 Å². The standard InChI is InChI=1S/C21H31N5O2/c1-14-19(15(2)26(24-14)17-11-9-8-10-12-17)22-20(28)16(3)25(7)13-18(27)23-21(4,5)6/h8-12,16H,13H2,1-7H3,(H,22,28)(H,23,27). The van der Waals surface area contributed by atoms with Gasteiger partial charge in [-0.3, -0.25) is 14.5 Å². The molecule has 2 N–H and O–H groups in total. The molecule has 0 spiro atoms. The molecule has 0 saturated carbocycles. The summed E-state index contributed by atoms with van der Waals surface area (Å²) >= 11 is 0. The SMILES string of the molecule is Cc1nn(-c2ccccc2)c(C)c1NC(=O)C(C)N(C)CC(=O)NC(C)(C)C. The van der Waals surface area contributed by atoms with Crippen LogP contribution >= 0.6 is 0 Å². The Morgan fingerprint density at radius 3 is 2.36 bits per heavy atom. The van der Waals surface area contributed by atoms with Crippen LogP contribution in [0.15, 0.2) is 30.3 Å². The van der Waals surface area contributed by atoms with Crippen LogP contribution in [0, 0.1) is 13.8 Å². The lowest BCUT2D eigenvalue weighted by molar-refractivity contribution is -0.125. The van der Waals surface area contributed by atoms with Crippen molar-refractivity contribution in [3.8, 4) is 5.69 Å². The molecule has 0 aliphatic carbocycles. The van der Waals surface area contributed by atoms with Gasteiger partial charge in [0.25, 0.3) is 0 Å². The molecule has 0 saturated heterocycles. The number of rotatable bonds is 6. The maximum atomic E-state index is 12.7. The molecule has 152 valence electrons. The van der Waals surface area contributed by atoms with Crippen LogP contribution in [0.1, 0.15) is 39.1 Å². The number of aromatic nitrogens is 2. The third-order valence-corrected chi connectivity index (χ3v) is 4.49. The lowest BCUT2D eigenvalue weighted by atomic mass is 10.1. The highest BCUT2D eigenvalue weighted by molar-refractivity contribution is 5.96. The lowest BCUT2D eigenvalue weighted by Gasteiger charge is -2.26. The van der Waals surface area contributed by atoms with Gasteiger partial charge in [0, 0.05) is 5.54 Å². The summed E-state index contributed by atoms with van der Waals surface area (Å²) in [5.74, 6) is -0.288. The zero-order valence-electron chi connectivity index (χ0n) is 17.8. The van der Waals surface area contributed by atoms with E-state index in [2.05, 4.69) is 15.7 Å². The van der Waals surface area contributed by atoms with Crippen molar-refractivity contribution in [3.63, 3.8) is 0 Å². The summed E-state index contributed by atoms with van der Waals surface area (Å²) in [6, 6.07) is 9.31. The third kappa shape index (κ3) is 5.42. The molecule has 0 radical (unpaired) electrons. The van der Waals surface area contributed by atoms with Crippen molar-refractivity contribution >= 4 is 17.5 Å². The van der Waals surface area contributed by atoms with E-state index < -0.39 is 6.04 Å². The second-order valence-corrected chi connectivity index (χ2v) is 8.17. The van der Waals surface area contributed by atoms with Gasteiger partial charge in [0.05, 0.1) is 35.3 Å². The Morgan fingerprint density at radius 1 is 1.18 bits per heavy atom. The van der Waals surface area contributed by atoms with Gasteiger partial charge in [-0.2, -0.15) is 5.10 Å². The number of amides is 2. The van der Waals surface area contributed by atoms with Gasteiger partial charge in [0.1, 0.15) is 0 Å². The Kier molecular flexibility index (Phi) is 6.61. The molecule has 2 aromatic rings. The van der Waals surface area contributed by atoms with Crippen LogP contribution in [0.4, 0.5) is 5.69 Å². The molecule has 2 rings (SSSR count). The Hall–Kier alpha value is -2.67. The number of likely N-dealkylation sites (N-methyl/N-ethyl adjacent to an activating group) is 1. The zero-order valence-corrected chi connectivity index (χ0v) is 17.8. The minimum absolute atomic E-state index is 0.112. The van der Waals surface area contributed by atoms with Crippen molar-refractivity contribution in [2.24, 2.45) is 0 Å². The molecular weight excluding hydrogens is 354 g/mol. The summed E-state index contributed by atoms with van der Waals surface area (Å²) in [6.07, 6.45) is 0. The summed E-state index contributed by atoms with van der Waals surface area (Å²) in [7, 11) is 1.76. The minimum Gasteiger partial charge on any atom is -0.350 e. The first-order valence-electron chi connectivity index (χ1n) is 9.43. The number of carbonyl (C=O) groups is 2. The van der Waals surface area contributed by atoms with Crippen LogP contribution in [0.3, 0.4) is 0 Å². The Bertz CT molecular complexity index is 836. The van der Waals surface area contributed by atoms with E-state index in [1.54, 1.807) is 18.9 Å². The molecule has 2 amide bonds. The summed E-state index contributed by atoms with van der Waals surface area (Å²) < 4.78 is 1.82. The molecule has 1 unspecified atom stereocenters. The highest BCUT2D eigenvalue weighted by atomic mass is 16.2. The largest absolute Gasteiger partial charge is 0.350 e. The van der Waals surface area contributed by atoms with Crippen molar-refractivity contribution in [1.29, 1.82) is 0 Å². The lowest BCUT2D eigenvalue weighted by Crippen LogP contribution is -2.49. The number of aryl methyl sites for hydroxylation is 1. The summed E-state index contributed by atoms with van der Waals surface area (Å²) in [4.78, 5) is 26.6. The van der Waals surface area contributed by atoms with E-state index in [0.29, 0.717) is 5.69 Å². The zero-order chi connectivity index (χ0) is 21.1. The van der Waals surface area contributed by atoms with Gasteiger partial charge in [0.2, 0.25) is 11.8 Å². The first-order valence-corrected chi connectivity index (χ1v) is 9.43. The third-order valence-electron chi connectivity index (χ3n) is 4.49. The average molecular weight is 386 g/mol. The second-order valence-electron chi connectivity index (χ2n) is 8.17. The fourth-order valence-electron chi connectivity index (χ4n) is 2.89. The molecule has 0 bridgehead atoms. The smallest absolute Gasteiger partial charge is 0.241 e. The fraction of sp³-hybridized carbons (Fsp3) is 0.476. The van der Waals surface area contributed by atoms with Crippen molar-refractivity contribution < 1.29 is 9.59 Å². The number of benzene rings is 1. The summed E-state index contributed by atoms with van der Waals surface area (Å²) in [6.45, 7) is 11.5. The van der Waals surface area contributed by atoms with E-state index in [1.807, 2.05) is 69.6 Å². The van der Waals surface area contributed by atoms with E-state index in [-0.39, 0.29) is 23.9 Å². The van der Waals surface area contributed by atoms with Crippen LogP contribution in [0.5, 0.6) is 0 Å². The molecule has 1 aromatic heterocycles. The Labute approximate surface area is 167 Å². The van der Waals surface area contributed by atoms with Gasteiger partial charge in [-0.25, -0.2) is 4.68 Å². The van der Waals surface area contributed by atoms with Gasteiger partial charge in [-0.05, 0) is 60.7 Å². The number of hydrogen-bond donors (Lipinski definition) is 2. The molecule has 0 aliphatic heterocycles. The first-order chi connectivity index (χ1) is 13.0. The molecule has 28 heavy (non-hydrogen) atoms. The van der Waals surface area contributed by atoms with Crippen LogP contribution < -0.4 is 10.6 Å². The van der Waals surface area contributed by atoms with E-state index in [9.17, 15) is 9.59 Å². The predicted octanol–water partition coefficient (Wildman–Crippen LogP) is 2.66. The van der Waals surface area contributed by atoms with E-state index >= 15 is 0 Å². The molecule has 1 aromatic carbocycles. The minimum atomic E-state index is -0.468. The van der Waals surface area contributed by atoms with Crippen LogP contribution in [-0.2, 0) is 9.59 Å². The molecule has 1 heterocycles. The monoisotopic (exact) mass is 385 g/mol. The number of carbonyl (C=O) groups excluding carboxylic acids is 2. The predicted molar refractivity (Wildman–Crippen MR) is 112 cm³/mol. The van der Waals surface area contributed by atoms with Gasteiger partial charge in [0.15, 0.2) is 0 Å². The van der Waals surface area contributed by atoms with Crippen molar-refractivity contribution in [2.45, 2.75) is 53.1 Å². The van der Waals surface area contributed by atoms with Gasteiger partial charge >= 0.3 is 0 Å². The molecule has 0 fully saturated rings. The second kappa shape index (κ2) is 8.56. The van der Waals surface area contributed by atoms with Crippen molar-refractivity contribution in [2.75, 3.05) is 18.9 Å². The molecule has 7 heteroatoms. The van der Waals surface area contributed by atoms with E-state index in [4.69, 9.17) is 0 Å². The van der Waals surface area contributed by atoms with Gasteiger partial charge in [-0.15, -0.1) is 0 Å². The normalized spacial score (nSPS) is 12.7. The molecule has 0 aliphatic rings. The summed E-state index contributed by atoms with van der Waals surface area (Å²) in [5, 5.41) is 10.4. The highest BCUT2D eigenvalue weighted by Gasteiger charge is 2.24. The van der Waals surface area contributed by atoms with Crippen molar-refractivity contribution in [3.05, 3.63) is 41.7 Å². The average Bonchev–Trinajstić information content (AvgIpc) is 2.88. The Balaban J connectivity index is 2.08. The first kappa shape index (κ1) is 21.6. The number of hydrogen-bond acceptors (Lipinski definition) is 4. The number of anilines is 1. The number of para-hydroxylation sites is 1.